The third kappa shape index (κ3) is 6.40. The predicted molar refractivity (Wildman–Crippen MR) is 52.5 cm³/mol. The highest BCUT2D eigenvalue weighted by Crippen LogP contribution is 2.29. The number of rotatable bonds is 6. The smallest absolute Gasteiger partial charge is 0.0354 e. The molecule has 0 aliphatic heterocycles. The molecule has 0 bridgehead atoms. The van der Waals surface area contributed by atoms with Gasteiger partial charge in [-0.1, -0.05) is 53.4 Å². The minimum Gasteiger partial charge on any atom is -0.0654 e. The van der Waals surface area contributed by atoms with Crippen LogP contribution < -0.4 is 0 Å². The summed E-state index contributed by atoms with van der Waals surface area (Å²) >= 11 is 0. The molecule has 0 spiro atoms. The molecule has 0 heterocycles. The van der Waals surface area contributed by atoms with Gasteiger partial charge in [0, 0.05) is 0 Å². The maximum absolute atomic E-state index is 3.87. The molecule has 0 unspecified atom stereocenters. The lowest BCUT2D eigenvalue weighted by atomic mass is 9.82. The summed E-state index contributed by atoms with van der Waals surface area (Å²) in [5.41, 5.74) is 0.563. The zero-order valence-corrected chi connectivity index (χ0v) is 8.45. The molecule has 0 heteroatoms. The zero-order valence-electron chi connectivity index (χ0n) is 8.45. The second-order valence-electron chi connectivity index (χ2n) is 4.22. The Bertz CT molecular complexity index is 72.0. The highest BCUT2D eigenvalue weighted by atomic mass is 14.2. The molecule has 0 aromatic carbocycles. The Balaban J connectivity index is 3.43. The van der Waals surface area contributed by atoms with Crippen molar-refractivity contribution in [2.45, 2.75) is 59.3 Å². The summed E-state index contributed by atoms with van der Waals surface area (Å²) in [6, 6.07) is 0. The SMILES string of the molecule is [CH2]CCCC(C)(C)CCCC. The number of hydrogen-bond donors (Lipinski definition) is 0. The molecule has 0 atom stereocenters. The molecule has 0 fully saturated rings. The third-order valence-electron chi connectivity index (χ3n) is 2.31. The van der Waals surface area contributed by atoms with Crippen LogP contribution in [0.2, 0.25) is 0 Å². The van der Waals surface area contributed by atoms with Gasteiger partial charge >= 0.3 is 0 Å². The van der Waals surface area contributed by atoms with Crippen LogP contribution in [-0.2, 0) is 0 Å². The highest BCUT2D eigenvalue weighted by Gasteiger charge is 2.15. The van der Waals surface area contributed by atoms with Crippen LogP contribution in [0.3, 0.4) is 0 Å². The first-order valence-corrected chi connectivity index (χ1v) is 4.91. The molecule has 11 heavy (non-hydrogen) atoms. The van der Waals surface area contributed by atoms with Gasteiger partial charge in [0.05, 0.1) is 0 Å². The van der Waals surface area contributed by atoms with Gasteiger partial charge in [0.1, 0.15) is 0 Å². The standard InChI is InChI=1S/C11H23/c1-5-7-9-11(3,4)10-8-6-2/h1,5-10H2,2-4H3. The van der Waals surface area contributed by atoms with Gasteiger partial charge in [0.15, 0.2) is 0 Å². The average molecular weight is 155 g/mol. The molecule has 0 amide bonds. The first-order valence-electron chi connectivity index (χ1n) is 4.91. The van der Waals surface area contributed by atoms with E-state index in [1.54, 1.807) is 0 Å². The molecule has 0 rings (SSSR count). The lowest BCUT2D eigenvalue weighted by Crippen LogP contribution is -2.10. The molecule has 0 saturated heterocycles. The topological polar surface area (TPSA) is 0 Å². The van der Waals surface area contributed by atoms with E-state index in [4.69, 9.17) is 0 Å². The fourth-order valence-corrected chi connectivity index (χ4v) is 1.38. The van der Waals surface area contributed by atoms with Gasteiger partial charge in [0.2, 0.25) is 0 Å². The Morgan fingerprint density at radius 2 is 1.64 bits per heavy atom. The van der Waals surface area contributed by atoms with Crippen LogP contribution >= 0.6 is 0 Å². The van der Waals surface area contributed by atoms with Crippen molar-refractivity contribution >= 4 is 0 Å². The van der Waals surface area contributed by atoms with E-state index in [9.17, 15) is 0 Å². The van der Waals surface area contributed by atoms with Crippen molar-refractivity contribution in [3.05, 3.63) is 6.92 Å². The summed E-state index contributed by atoms with van der Waals surface area (Å²) in [6.45, 7) is 10.9. The second-order valence-corrected chi connectivity index (χ2v) is 4.22. The quantitative estimate of drug-likeness (QED) is 0.539. The summed E-state index contributed by atoms with van der Waals surface area (Å²) in [7, 11) is 0. The van der Waals surface area contributed by atoms with Crippen LogP contribution in [-0.4, -0.2) is 0 Å². The van der Waals surface area contributed by atoms with E-state index >= 15 is 0 Å². The fraction of sp³-hybridized carbons (Fsp3) is 0.909. The summed E-state index contributed by atoms with van der Waals surface area (Å²) < 4.78 is 0. The van der Waals surface area contributed by atoms with E-state index in [-0.39, 0.29) is 0 Å². The maximum atomic E-state index is 3.87. The normalized spacial score (nSPS) is 12.0. The van der Waals surface area contributed by atoms with Gasteiger partial charge < -0.3 is 0 Å². The Kier molecular flexibility index (Phi) is 5.62. The molecule has 0 aliphatic rings. The minimum absolute atomic E-state index is 0.563. The van der Waals surface area contributed by atoms with Crippen molar-refractivity contribution in [1.29, 1.82) is 0 Å². The number of hydrogen-bond acceptors (Lipinski definition) is 0. The van der Waals surface area contributed by atoms with Gasteiger partial charge in [-0.25, -0.2) is 0 Å². The third-order valence-corrected chi connectivity index (χ3v) is 2.31. The van der Waals surface area contributed by atoms with Gasteiger partial charge in [-0.05, 0) is 18.3 Å². The molecule has 0 aromatic heterocycles. The second kappa shape index (κ2) is 5.62. The molecular formula is C11H23. The molecule has 0 aliphatic carbocycles. The van der Waals surface area contributed by atoms with E-state index in [2.05, 4.69) is 27.7 Å². The molecule has 0 nitrogen and oxygen atoms in total. The highest BCUT2D eigenvalue weighted by molar-refractivity contribution is 4.68. The summed E-state index contributed by atoms with van der Waals surface area (Å²) in [5, 5.41) is 0. The predicted octanol–water partition coefficient (Wildman–Crippen LogP) is 4.21. The van der Waals surface area contributed by atoms with Crippen LogP contribution in [0.5, 0.6) is 0 Å². The molecule has 0 saturated carbocycles. The average Bonchev–Trinajstić information content (AvgIpc) is 1.97. The van der Waals surface area contributed by atoms with Gasteiger partial charge in [-0.15, -0.1) is 0 Å². The van der Waals surface area contributed by atoms with Crippen LogP contribution in [0.4, 0.5) is 0 Å². The van der Waals surface area contributed by atoms with Crippen LogP contribution in [0.15, 0.2) is 0 Å². The van der Waals surface area contributed by atoms with Crippen LogP contribution in [0.1, 0.15) is 59.3 Å². The maximum Gasteiger partial charge on any atom is -0.0354 e. The molecule has 1 radical (unpaired) electrons. The van der Waals surface area contributed by atoms with Gasteiger partial charge in [0.25, 0.3) is 0 Å². The molecule has 0 N–H and O–H groups in total. The van der Waals surface area contributed by atoms with Crippen LogP contribution in [0, 0.1) is 12.3 Å². The van der Waals surface area contributed by atoms with E-state index in [1.807, 2.05) is 0 Å². The Morgan fingerprint density at radius 1 is 1.09 bits per heavy atom. The Hall–Kier alpha value is 0. The van der Waals surface area contributed by atoms with E-state index in [0.717, 1.165) is 6.42 Å². The molecule has 0 aromatic rings. The largest absolute Gasteiger partial charge is 0.0654 e. The van der Waals surface area contributed by atoms with Crippen molar-refractivity contribution in [2.24, 2.45) is 5.41 Å². The van der Waals surface area contributed by atoms with E-state index in [0.29, 0.717) is 5.41 Å². The first kappa shape index (κ1) is 11.0. The van der Waals surface area contributed by atoms with E-state index in [1.165, 1.54) is 32.1 Å². The lowest BCUT2D eigenvalue weighted by molar-refractivity contribution is 0.291. The zero-order chi connectivity index (χ0) is 8.74. The van der Waals surface area contributed by atoms with Crippen molar-refractivity contribution in [3.63, 3.8) is 0 Å². The van der Waals surface area contributed by atoms with Crippen molar-refractivity contribution in [2.75, 3.05) is 0 Å². The lowest BCUT2D eigenvalue weighted by Gasteiger charge is -2.23. The summed E-state index contributed by atoms with van der Waals surface area (Å²) in [4.78, 5) is 0. The first-order chi connectivity index (χ1) is 5.12. The fourth-order valence-electron chi connectivity index (χ4n) is 1.38. The van der Waals surface area contributed by atoms with E-state index < -0.39 is 0 Å². The summed E-state index contributed by atoms with van der Waals surface area (Å²) in [5.74, 6) is 0. The summed E-state index contributed by atoms with van der Waals surface area (Å²) in [6.07, 6.45) is 7.81. The van der Waals surface area contributed by atoms with Gasteiger partial charge in [-0.2, -0.15) is 0 Å². The Labute approximate surface area is 72.4 Å². The molecular weight excluding hydrogens is 132 g/mol. The number of unbranched alkanes of at least 4 members (excludes halogenated alkanes) is 2. The van der Waals surface area contributed by atoms with Crippen molar-refractivity contribution < 1.29 is 0 Å². The van der Waals surface area contributed by atoms with Crippen LogP contribution in [0.25, 0.3) is 0 Å². The van der Waals surface area contributed by atoms with Crippen molar-refractivity contribution in [1.82, 2.24) is 0 Å². The van der Waals surface area contributed by atoms with Crippen molar-refractivity contribution in [3.8, 4) is 0 Å². The monoisotopic (exact) mass is 155 g/mol. The Morgan fingerprint density at radius 3 is 2.09 bits per heavy atom. The van der Waals surface area contributed by atoms with Gasteiger partial charge in [-0.3, -0.25) is 0 Å². The minimum atomic E-state index is 0.563. The molecule has 67 valence electrons.